The highest BCUT2D eigenvalue weighted by Crippen LogP contribution is 2.21. The first-order valence-electron chi connectivity index (χ1n) is 10.2. The van der Waals surface area contributed by atoms with Crippen molar-refractivity contribution < 1.29 is 27.5 Å². The average Bonchev–Trinajstić information content (AvgIpc) is 3.27. The van der Waals surface area contributed by atoms with Crippen molar-refractivity contribution in [2.45, 2.75) is 4.90 Å². The molecule has 2 N–H and O–H groups in total. The molecule has 176 valence electrons. The summed E-state index contributed by atoms with van der Waals surface area (Å²) in [7, 11) is -2.24. The normalized spacial score (nSPS) is 14.3. The number of hydrogen-bond donors (Lipinski definition) is 2. The van der Waals surface area contributed by atoms with Crippen LogP contribution in [0.25, 0.3) is 0 Å². The molecule has 1 fully saturated rings. The first kappa shape index (κ1) is 23.1. The first-order valence-corrected chi connectivity index (χ1v) is 11.7. The number of benzene rings is 2. The van der Waals surface area contributed by atoms with Crippen molar-refractivity contribution in [1.82, 2.24) is 19.4 Å². The van der Waals surface area contributed by atoms with Crippen LogP contribution in [0, 0.1) is 0 Å². The zero-order chi connectivity index (χ0) is 24.3. The Labute approximate surface area is 195 Å². The van der Waals surface area contributed by atoms with Crippen molar-refractivity contribution in [2.24, 2.45) is 7.05 Å². The molecular weight excluding hydrogens is 462 g/mol. The van der Waals surface area contributed by atoms with Gasteiger partial charge in [0.05, 0.1) is 28.8 Å². The Morgan fingerprint density at radius 1 is 1.12 bits per heavy atom. The Hall–Kier alpha value is -4.03. The fraction of sp³-hybridized carbons (Fsp3) is 0.182. The molecule has 0 saturated carbocycles. The number of nitrogens with zero attached hydrogens (tertiary/aromatic N) is 3. The molecule has 0 atom stereocenters. The van der Waals surface area contributed by atoms with Crippen LogP contribution in [-0.4, -0.2) is 59.9 Å². The summed E-state index contributed by atoms with van der Waals surface area (Å²) in [6.07, 6.45) is 3.03. The zero-order valence-corrected chi connectivity index (χ0v) is 18.9. The van der Waals surface area contributed by atoms with Crippen molar-refractivity contribution in [3.8, 4) is 5.75 Å². The smallest absolute Gasteiger partial charge is 0.343 e. The molecule has 0 radical (unpaired) electrons. The number of carbonyl (C=O) groups is 3. The highest BCUT2D eigenvalue weighted by Gasteiger charge is 2.29. The van der Waals surface area contributed by atoms with E-state index in [9.17, 15) is 22.8 Å². The maximum Gasteiger partial charge on any atom is 0.343 e. The maximum absolute atomic E-state index is 12.8. The van der Waals surface area contributed by atoms with E-state index < -0.39 is 16.0 Å². The van der Waals surface area contributed by atoms with E-state index in [1.54, 1.807) is 25.4 Å². The van der Waals surface area contributed by atoms with E-state index in [2.05, 4.69) is 15.7 Å². The maximum atomic E-state index is 12.8. The van der Waals surface area contributed by atoms with Gasteiger partial charge in [0.1, 0.15) is 5.75 Å². The van der Waals surface area contributed by atoms with Gasteiger partial charge in [0.15, 0.2) is 0 Å². The summed E-state index contributed by atoms with van der Waals surface area (Å²) < 4.78 is 33.6. The molecule has 1 aliphatic rings. The van der Waals surface area contributed by atoms with Crippen molar-refractivity contribution >= 4 is 33.5 Å². The number of amides is 2. The topological polar surface area (TPSA) is 140 Å². The number of hydrogen-bond acceptors (Lipinski definition) is 7. The van der Waals surface area contributed by atoms with Crippen LogP contribution < -0.4 is 15.4 Å². The number of piperazine rings is 1. The van der Waals surface area contributed by atoms with Crippen LogP contribution >= 0.6 is 0 Å². The van der Waals surface area contributed by atoms with Crippen LogP contribution in [0.15, 0.2) is 65.8 Å². The largest absolute Gasteiger partial charge is 0.423 e. The Morgan fingerprint density at radius 3 is 2.56 bits per heavy atom. The number of nitrogens with one attached hydrogen (secondary N) is 2. The van der Waals surface area contributed by atoms with Crippen LogP contribution in [0.2, 0.25) is 0 Å². The molecule has 4 rings (SSSR count). The van der Waals surface area contributed by atoms with E-state index in [1.165, 1.54) is 47.3 Å². The Balaban J connectivity index is 1.43. The molecule has 2 amide bonds. The second kappa shape index (κ2) is 9.45. The zero-order valence-electron chi connectivity index (χ0n) is 18.1. The van der Waals surface area contributed by atoms with Gasteiger partial charge in [-0.1, -0.05) is 6.07 Å². The molecular formula is C22H21N5O6S. The number of ether oxygens (including phenoxy) is 1. The number of sulfonamides is 1. The molecule has 2 heterocycles. The Kier molecular flexibility index (Phi) is 6.43. The number of anilines is 1. The number of rotatable bonds is 6. The van der Waals surface area contributed by atoms with E-state index in [0.29, 0.717) is 11.3 Å². The van der Waals surface area contributed by atoms with Gasteiger partial charge in [-0.15, -0.1) is 0 Å². The highest BCUT2D eigenvalue weighted by molar-refractivity contribution is 7.89. The van der Waals surface area contributed by atoms with Crippen molar-refractivity contribution in [3.63, 3.8) is 0 Å². The van der Waals surface area contributed by atoms with E-state index in [-0.39, 0.29) is 47.7 Å². The predicted molar refractivity (Wildman–Crippen MR) is 121 cm³/mol. The first-order chi connectivity index (χ1) is 16.2. The van der Waals surface area contributed by atoms with Crippen LogP contribution in [-0.2, 0) is 21.9 Å². The molecule has 12 heteroatoms. The number of esters is 1. The third-order valence-electron chi connectivity index (χ3n) is 5.00. The SMILES string of the molecule is Cn1cc(C(=O)Nc2ccc(OC(=O)c3cccc(S(=O)(=O)N4CCNC(=O)C4)c3)cc2)cn1. The molecule has 1 aliphatic heterocycles. The van der Waals surface area contributed by atoms with E-state index in [1.807, 2.05) is 0 Å². The number of aryl methyl sites for hydroxylation is 1. The summed E-state index contributed by atoms with van der Waals surface area (Å²) in [5.74, 6) is -1.25. The van der Waals surface area contributed by atoms with Gasteiger partial charge in [0, 0.05) is 32.0 Å². The summed E-state index contributed by atoms with van der Waals surface area (Å²) in [5.41, 5.74) is 0.932. The van der Waals surface area contributed by atoms with Crippen molar-refractivity contribution in [1.29, 1.82) is 0 Å². The van der Waals surface area contributed by atoms with Gasteiger partial charge in [-0.05, 0) is 42.5 Å². The van der Waals surface area contributed by atoms with Gasteiger partial charge >= 0.3 is 5.97 Å². The van der Waals surface area contributed by atoms with E-state index >= 15 is 0 Å². The summed E-state index contributed by atoms with van der Waals surface area (Å²) in [6.45, 7) is 0.0889. The third-order valence-corrected chi connectivity index (χ3v) is 6.84. The monoisotopic (exact) mass is 483 g/mol. The van der Waals surface area contributed by atoms with Gasteiger partial charge in [-0.2, -0.15) is 9.40 Å². The minimum Gasteiger partial charge on any atom is -0.423 e. The van der Waals surface area contributed by atoms with Crippen molar-refractivity contribution in [2.75, 3.05) is 25.0 Å². The third kappa shape index (κ3) is 5.13. The van der Waals surface area contributed by atoms with Gasteiger partial charge < -0.3 is 15.4 Å². The predicted octanol–water partition coefficient (Wildman–Crippen LogP) is 1.01. The van der Waals surface area contributed by atoms with Gasteiger partial charge in [-0.25, -0.2) is 13.2 Å². The molecule has 1 saturated heterocycles. The average molecular weight is 484 g/mol. The lowest BCUT2D eigenvalue weighted by Crippen LogP contribution is -2.49. The fourth-order valence-corrected chi connectivity index (χ4v) is 4.71. The lowest BCUT2D eigenvalue weighted by molar-refractivity contribution is -0.122. The van der Waals surface area contributed by atoms with Gasteiger partial charge in [-0.3, -0.25) is 14.3 Å². The molecule has 3 aromatic rings. The quantitative estimate of drug-likeness (QED) is 0.394. The lowest BCUT2D eigenvalue weighted by atomic mass is 10.2. The Morgan fingerprint density at radius 2 is 1.88 bits per heavy atom. The minimum atomic E-state index is -3.94. The molecule has 0 aliphatic carbocycles. The molecule has 2 aromatic carbocycles. The molecule has 0 bridgehead atoms. The number of aromatic nitrogens is 2. The molecule has 0 spiro atoms. The number of carbonyl (C=O) groups excluding carboxylic acids is 3. The highest BCUT2D eigenvalue weighted by atomic mass is 32.2. The van der Waals surface area contributed by atoms with E-state index in [0.717, 1.165) is 4.31 Å². The lowest BCUT2D eigenvalue weighted by Gasteiger charge is -2.26. The van der Waals surface area contributed by atoms with Gasteiger partial charge in [0.25, 0.3) is 5.91 Å². The minimum absolute atomic E-state index is 0.0384. The van der Waals surface area contributed by atoms with Crippen LogP contribution in [0.3, 0.4) is 0 Å². The van der Waals surface area contributed by atoms with Crippen molar-refractivity contribution in [3.05, 3.63) is 72.1 Å². The standard InChI is InChI=1S/C22H21N5O6S/c1-26-13-16(12-24-26)21(29)25-17-5-7-18(8-6-17)33-22(30)15-3-2-4-19(11-15)34(31,32)27-10-9-23-20(28)14-27/h2-8,11-13H,9-10,14H2,1H3,(H,23,28)(H,25,29). The second-order valence-corrected chi connectivity index (χ2v) is 9.43. The molecule has 0 unspecified atom stereocenters. The van der Waals surface area contributed by atoms with E-state index in [4.69, 9.17) is 4.74 Å². The fourth-order valence-electron chi connectivity index (χ4n) is 3.27. The summed E-state index contributed by atoms with van der Waals surface area (Å²) in [4.78, 5) is 36.3. The van der Waals surface area contributed by atoms with Crippen LogP contribution in [0.1, 0.15) is 20.7 Å². The molecule has 34 heavy (non-hydrogen) atoms. The Bertz CT molecular complexity index is 1350. The van der Waals surface area contributed by atoms with Crippen LogP contribution in [0.4, 0.5) is 5.69 Å². The molecule has 11 nitrogen and oxygen atoms in total. The summed E-state index contributed by atoms with van der Waals surface area (Å²) in [6, 6.07) is 11.6. The summed E-state index contributed by atoms with van der Waals surface area (Å²) in [5, 5.41) is 9.23. The second-order valence-electron chi connectivity index (χ2n) is 7.49. The summed E-state index contributed by atoms with van der Waals surface area (Å²) >= 11 is 0. The van der Waals surface area contributed by atoms with Gasteiger partial charge in [0.2, 0.25) is 15.9 Å². The molecule has 1 aromatic heterocycles. The van der Waals surface area contributed by atoms with Crippen LogP contribution in [0.5, 0.6) is 5.75 Å².